The Labute approximate surface area is 152 Å². The summed E-state index contributed by atoms with van der Waals surface area (Å²) < 4.78 is 1.84. The Hall–Kier alpha value is -2.05. The zero-order valence-corrected chi connectivity index (χ0v) is 15.2. The average Bonchev–Trinajstić information content (AvgIpc) is 3.03. The molecule has 3 rings (SSSR count). The Morgan fingerprint density at radius 1 is 1.40 bits per heavy atom. The summed E-state index contributed by atoms with van der Waals surface area (Å²) >= 11 is 6.00. The van der Waals surface area contributed by atoms with Crippen molar-refractivity contribution < 1.29 is 9.90 Å². The molecular weight excluding hydrogens is 340 g/mol. The topological polar surface area (TPSA) is 70.4 Å². The van der Waals surface area contributed by atoms with Gasteiger partial charge in [0.15, 0.2) is 0 Å². The standard InChI is InChI=1S/C18H23ClN4O2/c1-12-3-4-14(19)11-15(12)21-18(25)23-8-5-13(6-9-23)16(24)17-20-7-10-22(17)2/h3-4,7,10-11,13,16,24H,5-6,8-9H2,1-2H3,(H,21,25)/t16-/m0/s1. The number of benzene rings is 1. The number of piperidine rings is 1. The molecule has 1 atom stereocenters. The molecule has 0 unspecified atom stereocenters. The molecule has 1 saturated heterocycles. The molecule has 0 saturated carbocycles. The normalized spacial score (nSPS) is 16.7. The molecule has 0 bridgehead atoms. The fraction of sp³-hybridized carbons (Fsp3) is 0.444. The molecule has 1 aromatic carbocycles. The van der Waals surface area contributed by atoms with Gasteiger partial charge in [-0.15, -0.1) is 0 Å². The van der Waals surface area contributed by atoms with Crippen LogP contribution < -0.4 is 5.32 Å². The number of aryl methyl sites for hydroxylation is 2. The molecule has 2 heterocycles. The second-order valence-corrected chi connectivity index (χ2v) is 6.99. The van der Waals surface area contributed by atoms with Crippen LogP contribution in [0, 0.1) is 12.8 Å². The van der Waals surface area contributed by atoms with E-state index in [9.17, 15) is 9.90 Å². The predicted molar refractivity (Wildman–Crippen MR) is 97.7 cm³/mol. The summed E-state index contributed by atoms with van der Waals surface area (Å²) in [7, 11) is 1.88. The first-order chi connectivity index (χ1) is 12.0. The number of urea groups is 1. The van der Waals surface area contributed by atoms with Crippen molar-refractivity contribution in [3.05, 3.63) is 47.0 Å². The van der Waals surface area contributed by atoms with E-state index in [0.717, 1.165) is 24.1 Å². The Kier molecular flexibility index (Phi) is 5.30. The number of hydrogen-bond donors (Lipinski definition) is 2. The van der Waals surface area contributed by atoms with Gasteiger partial charge in [-0.3, -0.25) is 0 Å². The van der Waals surface area contributed by atoms with Gasteiger partial charge in [-0.25, -0.2) is 9.78 Å². The van der Waals surface area contributed by atoms with Crippen LogP contribution in [0.5, 0.6) is 0 Å². The number of nitrogens with zero attached hydrogens (tertiary/aromatic N) is 3. The highest BCUT2D eigenvalue weighted by atomic mass is 35.5. The molecule has 0 spiro atoms. The molecule has 1 fully saturated rings. The Bertz CT molecular complexity index is 753. The van der Waals surface area contributed by atoms with E-state index in [2.05, 4.69) is 10.3 Å². The van der Waals surface area contributed by atoms with Gasteiger partial charge in [0, 0.05) is 43.2 Å². The quantitative estimate of drug-likeness (QED) is 0.879. The van der Waals surface area contributed by atoms with Crippen LogP contribution in [0.2, 0.25) is 5.02 Å². The summed E-state index contributed by atoms with van der Waals surface area (Å²) in [6, 6.07) is 5.31. The number of likely N-dealkylation sites (tertiary alicyclic amines) is 1. The molecule has 0 aliphatic carbocycles. The van der Waals surface area contributed by atoms with Crippen molar-refractivity contribution in [3.63, 3.8) is 0 Å². The van der Waals surface area contributed by atoms with Gasteiger partial charge in [-0.1, -0.05) is 17.7 Å². The molecule has 1 aliphatic heterocycles. The number of amides is 2. The lowest BCUT2D eigenvalue weighted by molar-refractivity contribution is 0.0600. The van der Waals surface area contributed by atoms with E-state index in [1.54, 1.807) is 23.2 Å². The van der Waals surface area contributed by atoms with Crippen LogP contribution in [0.1, 0.15) is 30.3 Å². The maximum atomic E-state index is 12.5. The molecule has 1 aromatic heterocycles. The van der Waals surface area contributed by atoms with Crippen LogP contribution in [-0.4, -0.2) is 38.7 Å². The third-order valence-electron chi connectivity index (χ3n) is 4.84. The second-order valence-electron chi connectivity index (χ2n) is 6.56. The Morgan fingerprint density at radius 3 is 2.76 bits per heavy atom. The van der Waals surface area contributed by atoms with Crippen molar-refractivity contribution in [1.29, 1.82) is 0 Å². The predicted octanol–water partition coefficient (Wildman–Crippen LogP) is 3.36. The Balaban J connectivity index is 1.57. The summed E-state index contributed by atoms with van der Waals surface area (Å²) in [4.78, 5) is 18.5. The number of carbonyl (C=O) groups excluding carboxylic acids is 1. The fourth-order valence-electron chi connectivity index (χ4n) is 3.21. The van der Waals surface area contributed by atoms with E-state index in [4.69, 9.17) is 11.6 Å². The zero-order valence-electron chi connectivity index (χ0n) is 14.4. The van der Waals surface area contributed by atoms with Crippen molar-refractivity contribution in [2.75, 3.05) is 18.4 Å². The lowest BCUT2D eigenvalue weighted by Gasteiger charge is -2.34. The van der Waals surface area contributed by atoms with Gasteiger partial charge < -0.3 is 19.9 Å². The van der Waals surface area contributed by atoms with Gasteiger partial charge in [0.2, 0.25) is 0 Å². The third kappa shape index (κ3) is 3.96. The summed E-state index contributed by atoms with van der Waals surface area (Å²) in [6.07, 6.45) is 4.41. The van der Waals surface area contributed by atoms with E-state index in [1.165, 1.54) is 0 Å². The highest BCUT2D eigenvalue weighted by molar-refractivity contribution is 6.31. The molecule has 7 heteroatoms. The van der Waals surface area contributed by atoms with Crippen LogP contribution >= 0.6 is 11.6 Å². The average molecular weight is 363 g/mol. The van der Waals surface area contributed by atoms with Crippen LogP contribution in [0.3, 0.4) is 0 Å². The van der Waals surface area contributed by atoms with E-state index >= 15 is 0 Å². The zero-order chi connectivity index (χ0) is 18.0. The number of nitrogens with one attached hydrogen (secondary N) is 1. The van der Waals surface area contributed by atoms with Gasteiger partial charge in [0.25, 0.3) is 0 Å². The highest BCUT2D eigenvalue weighted by Gasteiger charge is 2.30. The fourth-order valence-corrected chi connectivity index (χ4v) is 3.39. The molecule has 25 heavy (non-hydrogen) atoms. The summed E-state index contributed by atoms with van der Waals surface area (Å²) in [5.74, 6) is 0.788. The van der Waals surface area contributed by atoms with Gasteiger partial charge >= 0.3 is 6.03 Å². The molecule has 0 radical (unpaired) electrons. The number of aliphatic hydroxyl groups is 1. The minimum absolute atomic E-state index is 0.109. The van der Waals surface area contributed by atoms with E-state index in [0.29, 0.717) is 23.9 Å². The summed E-state index contributed by atoms with van der Waals surface area (Å²) in [5, 5.41) is 14.0. The Morgan fingerprint density at radius 2 is 2.12 bits per heavy atom. The van der Waals surface area contributed by atoms with E-state index in [1.807, 2.05) is 30.8 Å². The maximum Gasteiger partial charge on any atom is 0.321 e. The minimum atomic E-state index is -0.597. The van der Waals surface area contributed by atoms with Gasteiger partial charge in [-0.05, 0) is 43.4 Å². The molecular formula is C18H23ClN4O2. The first kappa shape index (κ1) is 17.8. The first-order valence-electron chi connectivity index (χ1n) is 8.43. The van der Waals surface area contributed by atoms with Crippen molar-refractivity contribution in [2.24, 2.45) is 13.0 Å². The van der Waals surface area contributed by atoms with Crippen molar-refractivity contribution in [3.8, 4) is 0 Å². The number of aromatic nitrogens is 2. The summed E-state index contributed by atoms with van der Waals surface area (Å²) in [5.41, 5.74) is 1.70. The van der Waals surface area contributed by atoms with Crippen LogP contribution in [0.4, 0.5) is 10.5 Å². The smallest absolute Gasteiger partial charge is 0.321 e. The molecule has 2 amide bonds. The lowest BCUT2D eigenvalue weighted by atomic mass is 9.91. The van der Waals surface area contributed by atoms with E-state index < -0.39 is 6.10 Å². The number of anilines is 1. The maximum absolute atomic E-state index is 12.5. The number of aliphatic hydroxyl groups excluding tert-OH is 1. The van der Waals surface area contributed by atoms with Crippen molar-refractivity contribution >= 4 is 23.3 Å². The van der Waals surface area contributed by atoms with Crippen LogP contribution in [0.15, 0.2) is 30.6 Å². The summed E-state index contributed by atoms with van der Waals surface area (Å²) in [6.45, 7) is 3.15. The van der Waals surface area contributed by atoms with E-state index in [-0.39, 0.29) is 11.9 Å². The minimum Gasteiger partial charge on any atom is -0.385 e. The SMILES string of the molecule is Cc1ccc(Cl)cc1NC(=O)N1CCC([C@H](O)c2nccn2C)CC1. The van der Waals surface area contributed by atoms with Crippen molar-refractivity contribution in [1.82, 2.24) is 14.5 Å². The number of imidazole rings is 1. The first-order valence-corrected chi connectivity index (χ1v) is 8.81. The number of halogens is 1. The monoisotopic (exact) mass is 362 g/mol. The molecule has 134 valence electrons. The van der Waals surface area contributed by atoms with Crippen LogP contribution in [0.25, 0.3) is 0 Å². The van der Waals surface area contributed by atoms with Crippen LogP contribution in [-0.2, 0) is 7.05 Å². The molecule has 2 N–H and O–H groups in total. The van der Waals surface area contributed by atoms with Gasteiger partial charge in [-0.2, -0.15) is 0 Å². The van der Waals surface area contributed by atoms with Gasteiger partial charge in [0.1, 0.15) is 11.9 Å². The largest absolute Gasteiger partial charge is 0.385 e. The second kappa shape index (κ2) is 7.45. The highest BCUT2D eigenvalue weighted by Crippen LogP contribution is 2.30. The lowest BCUT2D eigenvalue weighted by Crippen LogP contribution is -2.42. The van der Waals surface area contributed by atoms with Gasteiger partial charge in [0.05, 0.1) is 0 Å². The number of carbonyl (C=O) groups is 1. The third-order valence-corrected chi connectivity index (χ3v) is 5.07. The number of rotatable bonds is 3. The number of hydrogen-bond acceptors (Lipinski definition) is 3. The molecule has 1 aliphatic rings. The molecule has 2 aromatic rings. The van der Waals surface area contributed by atoms with Crippen molar-refractivity contribution in [2.45, 2.75) is 25.9 Å². The molecule has 6 nitrogen and oxygen atoms in total.